The van der Waals surface area contributed by atoms with Crippen molar-refractivity contribution in [3.8, 4) is 5.75 Å². The van der Waals surface area contributed by atoms with E-state index < -0.39 is 25.0 Å². The highest BCUT2D eigenvalue weighted by atomic mass is 16.5. The Morgan fingerprint density at radius 3 is 1.90 bits per heavy atom. The molecule has 4 rings (SSSR count). The first kappa shape index (κ1) is 31.1. The van der Waals surface area contributed by atoms with Crippen molar-refractivity contribution in [2.75, 3.05) is 6.54 Å². The van der Waals surface area contributed by atoms with Gasteiger partial charge in [-0.25, -0.2) is 5.01 Å². The fourth-order valence-electron chi connectivity index (χ4n) is 4.70. The Balaban J connectivity index is 1.51. The Kier molecular flexibility index (Phi) is 12.2. The van der Waals surface area contributed by atoms with Gasteiger partial charge in [0, 0.05) is 13.1 Å². The summed E-state index contributed by atoms with van der Waals surface area (Å²) in [5.74, 6) is 0.128. The molecule has 0 saturated carbocycles. The van der Waals surface area contributed by atoms with Gasteiger partial charge in [0.1, 0.15) is 12.4 Å². The largest absolute Gasteiger partial charge is 0.489 e. The van der Waals surface area contributed by atoms with Gasteiger partial charge in [-0.2, -0.15) is 0 Å². The molecule has 1 unspecified atom stereocenters. The lowest BCUT2D eigenvalue weighted by atomic mass is 9.90. The van der Waals surface area contributed by atoms with Crippen LogP contribution in [-0.2, 0) is 30.9 Å². The molecule has 0 heterocycles. The van der Waals surface area contributed by atoms with Crippen molar-refractivity contribution in [3.63, 3.8) is 0 Å². The first-order chi connectivity index (χ1) is 20.4. The molecule has 0 spiro atoms. The summed E-state index contributed by atoms with van der Waals surface area (Å²) in [6.07, 6.45) is 0.0107. The van der Waals surface area contributed by atoms with Crippen molar-refractivity contribution in [1.29, 1.82) is 0 Å². The van der Waals surface area contributed by atoms with Gasteiger partial charge in [0.25, 0.3) is 0 Å². The first-order valence-electron chi connectivity index (χ1n) is 14.1. The van der Waals surface area contributed by atoms with Crippen LogP contribution in [0.25, 0.3) is 0 Å². The molecule has 0 bridgehead atoms. The summed E-state index contributed by atoms with van der Waals surface area (Å²) >= 11 is 0. The second kappa shape index (κ2) is 16.5. The highest BCUT2D eigenvalue weighted by Gasteiger charge is 2.27. The number of benzene rings is 4. The van der Waals surface area contributed by atoms with Crippen LogP contribution in [0, 0.1) is 0 Å². The van der Waals surface area contributed by atoms with Crippen LogP contribution >= 0.6 is 0 Å². The number of amides is 1. The van der Waals surface area contributed by atoms with Crippen molar-refractivity contribution in [2.24, 2.45) is 0 Å². The summed E-state index contributed by atoms with van der Waals surface area (Å²) in [5, 5.41) is 18.1. The molecule has 42 heavy (non-hydrogen) atoms. The van der Waals surface area contributed by atoms with Crippen molar-refractivity contribution in [1.82, 2.24) is 15.7 Å². The predicted molar refractivity (Wildman–Crippen MR) is 168 cm³/mol. The molecule has 2 atom stereocenters. The van der Waals surface area contributed by atoms with E-state index >= 15 is 0 Å². The SMILES string of the molecule is [B]C(=O)N[C@H](Cc1ccc(OCc2ccccc2)cc1)C(CN(Cc1ccccc1)NB(C)O)OCc1ccccc1. The lowest BCUT2D eigenvalue weighted by Crippen LogP contribution is -2.55. The number of carbonyl (C=O) groups is 1. The monoisotopic (exact) mass is 561 g/mol. The maximum Gasteiger partial charge on any atom is 0.388 e. The molecular weight excluding hydrogens is 524 g/mol. The van der Waals surface area contributed by atoms with E-state index in [-0.39, 0.29) is 0 Å². The van der Waals surface area contributed by atoms with E-state index in [9.17, 15) is 9.82 Å². The van der Waals surface area contributed by atoms with Crippen LogP contribution in [0.4, 0.5) is 4.79 Å². The number of ether oxygens (including phenoxy) is 2. The zero-order chi connectivity index (χ0) is 29.6. The van der Waals surface area contributed by atoms with Gasteiger partial charge >= 0.3 is 7.05 Å². The van der Waals surface area contributed by atoms with Gasteiger partial charge in [0.15, 0.2) is 5.81 Å². The summed E-state index contributed by atoms with van der Waals surface area (Å²) in [6.45, 7) is 3.39. The summed E-state index contributed by atoms with van der Waals surface area (Å²) < 4.78 is 12.4. The minimum atomic E-state index is -0.783. The van der Waals surface area contributed by atoms with Crippen LogP contribution in [-0.4, -0.2) is 49.4 Å². The molecule has 4 aromatic carbocycles. The molecule has 1 amide bonds. The normalized spacial score (nSPS) is 12.5. The molecule has 4 aromatic rings. The van der Waals surface area contributed by atoms with Crippen LogP contribution in [0.3, 0.4) is 0 Å². The number of hydrogen-bond donors (Lipinski definition) is 3. The molecule has 0 aromatic heterocycles. The lowest BCUT2D eigenvalue weighted by Gasteiger charge is -2.34. The fraction of sp³-hybridized carbons (Fsp3) is 0.242. The van der Waals surface area contributed by atoms with Crippen LogP contribution in [0.15, 0.2) is 115 Å². The molecule has 0 aliphatic rings. The minimum absolute atomic E-state index is 0.350. The van der Waals surface area contributed by atoms with Crippen molar-refractivity contribution >= 4 is 20.7 Å². The lowest BCUT2D eigenvalue weighted by molar-refractivity contribution is -0.0126. The summed E-state index contributed by atoms with van der Waals surface area (Å²) in [6, 6.07) is 37.2. The molecule has 0 saturated heterocycles. The zero-order valence-corrected chi connectivity index (χ0v) is 23.9. The van der Waals surface area contributed by atoms with Gasteiger partial charge in [-0.3, -0.25) is 10.1 Å². The summed E-state index contributed by atoms with van der Waals surface area (Å²) in [5.41, 5.74) is 4.17. The molecular formula is C33H37B2N3O4. The van der Waals surface area contributed by atoms with E-state index in [0.717, 1.165) is 28.0 Å². The molecule has 0 aliphatic carbocycles. The Morgan fingerprint density at radius 2 is 1.36 bits per heavy atom. The average Bonchev–Trinajstić information content (AvgIpc) is 2.99. The molecule has 3 N–H and O–H groups in total. The van der Waals surface area contributed by atoms with E-state index in [1.54, 1.807) is 6.82 Å². The van der Waals surface area contributed by atoms with Crippen molar-refractivity contribution < 1.29 is 19.3 Å². The second-order valence-electron chi connectivity index (χ2n) is 10.2. The summed E-state index contributed by atoms with van der Waals surface area (Å²) in [7, 11) is 4.87. The van der Waals surface area contributed by atoms with Crippen LogP contribution in [0.2, 0.25) is 6.82 Å². The van der Waals surface area contributed by atoms with Gasteiger partial charge in [0.05, 0.1) is 18.8 Å². The van der Waals surface area contributed by atoms with E-state index in [2.05, 4.69) is 10.7 Å². The number of rotatable bonds is 16. The number of carbonyl (C=O) groups excluding carboxylic acids is 1. The van der Waals surface area contributed by atoms with E-state index in [0.29, 0.717) is 32.7 Å². The van der Waals surface area contributed by atoms with Crippen LogP contribution < -0.4 is 15.4 Å². The molecule has 2 radical (unpaired) electrons. The van der Waals surface area contributed by atoms with Crippen molar-refractivity contribution in [3.05, 3.63) is 138 Å². The number of hydrazine groups is 1. The Hall–Kier alpha value is -3.88. The van der Waals surface area contributed by atoms with Crippen LogP contribution in [0.1, 0.15) is 22.3 Å². The Morgan fingerprint density at radius 1 is 0.810 bits per heavy atom. The van der Waals surface area contributed by atoms with Gasteiger partial charge in [-0.15, -0.1) is 0 Å². The molecule has 214 valence electrons. The maximum absolute atomic E-state index is 12.2. The van der Waals surface area contributed by atoms with E-state index in [4.69, 9.17) is 17.3 Å². The fourth-order valence-corrected chi connectivity index (χ4v) is 4.70. The number of nitrogens with one attached hydrogen (secondary N) is 2. The van der Waals surface area contributed by atoms with E-state index in [1.807, 2.05) is 120 Å². The van der Waals surface area contributed by atoms with Crippen molar-refractivity contribution in [2.45, 2.75) is 45.1 Å². The predicted octanol–water partition coefficient (Wildman–Crippen LogP) is 4.76. The second-order valence-corrected chi connectivity index (χ2v) is 10.2. The third-order valence-corrected chi connectivity index (χ3v) is 6.70. The highest BCUT2D eigenvalue weighted by molar-refractivity contribution is 6.57. The molecule has 7 nitrogen and oxygen atoms in total. The Labute approximate surface area is 250 Å². The van der Waals surface area contributed by atoms with E-state index in [1.165, 1.54) is 0 Å². The minimum Gasteiger partial charge on any atom is -0.489 e. The molecule has 0 aliphatic heterocycles. The third kappa shape index (κ3) is 10.8. The molecule has 0 fully saturated rings. The maximum atomic E-state index is 12.2. The molecule has 9 heteroatoms. The average molecular weight is 561 g/mol. The van der Waals surface area contributed by atoms with Crippen LogP contribution in [0.5, 0.6) is 5.75 Å². The first-order valence-corrected chi connectivity index (χ1v) is 14.1. The standard InChI is InChI=1S/C33H37B2N3O4/c1-35(40)37-38(22-27-11-5-2-6-12-27)23-32(42-25-29-15-9-4-10-16-29)31(36-33(34)39)21-26-17-19-30(20-18-26)41-24-28-13-7-3-8-14-28/h2-20,31-32,37,40H,21-25H2,1H3,(H,36,39)/t31-,32?/m1/s1. The smallest absolute Gasteiger partial charge is 0.388 e. The highest BCUT2D eigenvalue weighted by Crippen LogP contribution is 2.18. The third-order valence-electron chi connectivity index (χ3n) is 6.70. The Bertz CT molecular complexity index is 1330. The quantitative estimate of drug-likeness (QED) is 0.135. The van der Waals surface area contributed by atoms with Gasteiger partial charge in [-0.05, 0) is 47.6 Å². The zero-order valence-electron chi connectivity index (χ0n) is 23.9. The number of hydrogen-bond acceptors (Lipinski definition) is 6. The van der Waals surface area contributed by atoms with Gasteiger partial charge < -0.3 is 19.8 Å². The number of nitrogens with zero attached hydrogens (tertiary/aromatic N) is 1. The topological polar surface area (TPSA) is 83.1 Å². The van der Waals surface area contributed by atoms with Gasteiger partial charge in [-0.1, -0.05) is 103 Å². The summed E-state index contributed by atoms with van der Waals surface area (Å²) in [4.78, 5) is 12.2. The van der Waals surface area contributed by atoms with Gasteiger partial charge in [0.2, 0.25) is 7.85 Å².